The lowest BCUT2D eigenvalue weighted by Gasteiger charge is -2.09. The van der Waals surface area contributed by atoms with Crippen molar-refractivity contribution in [2.45, 2.75) is 13.8 Å². The zero-order valence-electron chi connectivity index (χ0n) is 12.7. The lowest BCUT2D eigenvalue weighted by atomic mass is 10.2. The van der Waals surface area contributed by atoms with Crippen molar-refractivity contribution in [3.63, 3.8) is 0 Å². The Bertz CT molecular complexity index is 765. The largest absolute Gasteiger partial charge is 0.476 e. The third-order valence-corrected chi connectivity index (χ3v) is 2.84. The highest BCUT2D eigenvalue weighted by Crippen LogP contribution is 2.14. The van der Waals surface area contributed by atoms with E-state index in [4.69, 9.17) is 9.15 Å². The molecule has 0 unspecified atom stereocenters. The molecular weight excluding hydrogens is 300 g/mol. The molecule has 1 heterocycles. The van der Waals surface area contributed by atoms with Crippen LogP contribution in [0.2, 0.25) is 0 Å². The first-order chi connectivity index (χ1) is 11.0. The molecule has 120 valence electrons. The van der Waals surface area contributed by atoms with Gasteiger partial charge in [0.1, 0.15) is 5.76 Å². The molecule has 0 saturated carbocycles. The second-order valence-electron chi connectivity index (χ2n) is 4.77. The van der Waals surface area contributed by atoms with Crippen molar-refractivity contribution in [2.24, 2.45) is 0 Å². The molecule has 2 amide bonds. The van der Waals surface area contributed by atoms with Gasteiger partial charge >= 0.3 is 0 Å². The summed E-state index contributed by atoms with van der Waals surface area (Å²) in [5.41, 5.74) is 0.829. The number of aryl methyl sites for hydroxylation is 1. The van der Waals surface area contributed by atoms with E-state index in [0.717, 1.165) is 0 Å². The summed E-state index contributed by atoms with van der Waals surface area (Å²) in [6, 6.07) is 7.83. The Balaban J connectivity index is 1.92. The van der Waals surface area contributed by atoms with Crippen LogP contribution in [0.25, 0.3) is 0 Å². The molecule has 2 rings (SSSR count). The predicted octanol–water partition coefficient (Wildman–Crippen LogP) is 1.92. The van der Waals surface area contributed by atoms with E-state index in [9.17, 15) is 14.4 Å². The molecule has 2 N–H and O–H groups in total. The van der Waals surface area contributed by atoms with Crippen LogP contribution in [0.1, 0.15) is 12.7 Å². The third kappa shape index (κ3) is 4.70. The molecule has 2 aromatic rings. The van der Waals surface area contributed by atoms with Crippen molar-refractivity contribution in [1.29, 1.82) is 0 Å². The molecule has 7 nitrogen and oxygen atoms in total. The van der Waals surface area contributed by atoms with Gasteiger partial charge in [-0.25, -0.2) is 0 Å². The molecule has 1 aromatic carbocycles. The van der Waals surface area contributed by atoms with E-state index in [2.05, 4.69) is 10.6 Å². The van der Waals surface area contributed by atoms with Gasteiger partial charge in [0.15, 0.2) is 6.61 Å². The fourth-order valence-corrected chi connectivity index (χ4v) is 1.85. The van der Waals surface area contributed by atoms with E-state index in [0.29, 0.717) is 17.1 Å². The maximum atomic E-state index is 11.8. The molecule has 0 aliphatic heterocycles. The SMILES string of the molecule is CC(=O)Nc1ccc(NC(=O)COc2c(C)occc2=O)cc1. The van der Waals surface area contributed by atoms with Crippen molar-refractivity contribution in [1.82, 2.24) is 0 Å². The molecule has 0 aliphatic rings. The summed E-state index contributed by atoms with van der Waals surface area (Å²) < 4.78 is 10.2. The summed E-state index contributed by atoms with van der Waals surface area (Å²) in [4.78, 5) is 34.3. The van der Waals surface area contributed by atoms with Crippen LogP contribution in [0.15, 0.2) is 45.8 Å². The lowest BCUT2D eigenvalue weighted by molar-refractivity contribution is -0.118. The van der Waals surface area contributed by atoms with Gasteiger partial charge in [0.05, 0.1) is 6.26 Å². The standard InChI is InChI=1S/C16H16N2O5/c1-10-16(14(20)7-8-22-10)23-9-15(21)18-13-5-3-12(4-6-13)17-11(2)19/h3-8H,9H2,1-2H3,(H,17,19)(H,18,21). The fraction of sp³-hybridized carbons (Fsp3) is 0.188. The second-order valence-corrected chi connectivity index (χ2v) is 4.77. The van der Waals surface area contributed by atoms with Crippen molar-refractivity contribution < 1.29 is 18.7 Å². The Morgan fingerprint density at radius 1 is 1.09 bits per heavy atom. The van der Waals surface area contributed by atoms with Crippen LogP contribution in [0.5, 0.6) is 5.75 Å². The third-order valence-electron chi connectivity index (χ3n) is 2.84. The Hall–Kier alpha value is -3.09. The minimum atomic E-state index is -0.417. The maximum absolute atomic E-state index is 11.8. The van der Waals surface area contributed by atoms with Crippen molar-refractivity contribution in [2.75, 3.05) is 17.2 Å². The molecule has 23 heavy (non-hydrogen) atoms. The summed E-state index contributed by atoms with van der Waals surface area (Å²) in [5.74, 6) is -0.263. The number of hydrogen-bond acceptors (Lipinski definition) is 5. The first kappa shape index (κ1) is 16.3. The summed E-state index contributed by atoms with van der Waals surface area (Å²) >= 11 is 0. The lowest BCUT2D eigenvalue weighted by Crippen LogP contribution is -2.22. The normalized spacial score (nSPS) is 10.0. The fourth-order valence-electron chi connectivity index (χ4n) is 1.85. The molecule has 7 heteroatoms. The van der Waals surface area contributed by atoms with Gasteiger partial charge in [-0.15, -0.1) is 0 Å². The van der Waals surface area contributed by atoms with Crippen molar-refractivity contribution >= 4 is 23.2 Å². The molecule has 0 aliphatic carbocycles. The van der Waals surface area contributed by atoms with Gasteiger partial charge in [-0.05, 0) is 31.2 Å². The number of benzene rings is 1. The molecule has 0 fully saturated rings. The van der Waals surface area contributed by atoms with Crippen LogP contribution < -0.4 is 20.8 Å². The van der Waals surface area contributed by atoms with Gasteiger partial charge in [0, 0.05) is 24.4 Å². The quantitative estimate of drug-likeness (QED) is 0.878. The molecule has 0 atom stereocenters. The Kier molecular flexibility index (Phi) is 5.14. The molecule has 0 spiro atoms. The summed E-state index contributed by atoms with van der Waals surface area (Å²) in [6.45, 7) is 2.67. The average molecular weight is 316 g/mol. The van der Waals surface area contributed by atoms with E-state index in [1.54, 1.807) is 31.2 Å². The number of nitrogens with one attached hydrogen (secondary N) is 2. The molecule has 0 radical (unpaired) electrons. The highest BCUT2D eigenvalue weighted by molar-refractivity contribution is 5.93. The summed E-state index contributed by atoms with van der Waals surface area (Å²) in [7, 11) is 0. The summed E-state index contributed by atoms with van der Waals surface area (Å²) in [6.07, 6.45) is 1.27. The number of amides is 2. The first-order valence-corrected chi connectivity index (χ1v) is 6.84. The molecule has 0 saturated heterocycles. The van der Waals surface area contributed by atoms with Gasteiger partial charge in [-0.1, -0.05) is 0 Å². The first-order valence-electron chi connectivity index (χ1n) is 6.84. The number of anilines is 2. The minimum Gasteiger partial charge on any atom is -0.476 e. The number of hydrogen-bond donors (Lipinski definition) is 2. The van der Waals surface area contributed by atoms with Gasteiger partial charge in [0.25, 0.3) is 5.91 Å². The van der Waals surface area contributed by atoms with Gasteiger partial charge in [0.2, 0.25) is 17.1 Å². The topological polar surface area (TPSA) is 97.6 Å². The van der Waals surface area contributed by atoms with Crippen molar-refractivity contribution in [3.8, 4) is 5.75 Å². The number of rotatable bonds is 5. The monoisotopic (exact) mass is 316 g/mol. The molecular formula is C16H16N2O5. The predicted molar refractivity (Wildman–Crippen MR) is 84.6 cm³/mol. The number of carbonyl (C=O) groups is 2. The van der Waals surface area contributed by atoms with E-state index in [-0.39, 0.29) is 23.7 Å². The zero-order valence-corrected chi connectivity index (χ0v) is 12.7. The average Bonchev–Trinajstić information content (AvgIpc) is 2.48. The number of ether oxygens (including phenoxy) is 1. The smallest absolute Gasteiger partial charge is 0.262 e. The Morgan fingerprint density at radius 2 is 1.70 bits per heavy atom. The van der Waals surface area contributed by atoms with Crippen LogP contribution in [-0.2, 0) is 9.59 Å². The molecule has 0 bridgehead atoms. The zero-order chi connectivity index (χ0) is 16.8. The van der Waals surface area contributed by atoms with Crippen LogP contribution in [0.3, 0.4) is 0 Å². The van der Waals surface area contributed by atoms with E-state index >= 15 is 0 Å². The minimum absolute atomic E-state index is 0.0173. The van der Waals surface area contributed by atoms with Gasteiger partial charge < -0.3 is 19.8 Å². The van der Waals surface area contributed by atoms with E-state index in [1.165, 1.54) is 19.3 Å². The maximum Gasteiger partial charge on any atom is 0.262 e. The Labute approximate surface area is 132 Å². The van der Waals surface area contributed by atoms with Crippen LogP contribution >= 0.6 is 0 Å². The highest BCUT2D eigenvalue weighted by Gasteiger charge is 2.10. The van der Waals surface area contributed by atoms with Crippen molar-refractivity contribution in [3.05, 3.63) is 52.6 Å². The van der Waals surface area contributed by atoms with Crippen LogP contribution in [-0.4, -0.2) is 18.4 Å². The number of carbonyl (C=O) groups excluding carboxylic acids is 2. The van der Waals surface area contributed by atoms with E-state index in [1.807, 2.05) is 0 Å². The van der Waals surface area contributed by atoms with Gasteiger partial charge in [-0.2, -0.15) is 0 Å². The van der Waals surface area contributed by atoms with E-state index < -0.39 is 5.91 Å². The van der Waals surface area contributed by atoms with Gasteiger partial charge in [-0.3, -0.25) is 14.4 Å². The molecule has 1 aromatic heterocycles. The summed E-state index contributed by atoms with van der Waals surface area (Å²) in [5, 5.41) is 5.25. The second kappa shape index (κ2) is 7.26. The highest BCUT2D eigenvalue weighted by atomic mass is 16.5. The van der Waals surface area contributed by atoms with Crippen LogP contribution in [0.4, 0.5) is 11.4 Å². The Morgan fingerprint density at radius 3 is 2.26 bits per heavy atom. The van der Waals surface area contributed by atoms with Crippen LogP contribution in [0, 0.1) is 6.92 Å².